The number of rotatable bonds is 1. The third-order valence-electron chi connectivity index (χ3n) is 11.1. The Morgan fingerprint density at radius 1 is 0.444 bits per heavy atom. The molecule has 0 saturated carbocycles. The molecule has 0 radical (unpaired) electrons. The van der Waals surface area contributed by atoms with E-state index >= 15 is 0 Å². The van der Waals surface area contributed by atoms with Crippen molar-refractivity contribution >= 4 is 64.6 Å². The lowest BCUT2D eigenvalue weighted by Crippen LogP contribution is -2.15. The predicted molar refractivity (Wildman–Crippen MR) is 196 cm³/mol. The number of hydrogen-bond donors (Lipinski definition) is 0. The fraction of sp³-hybridized carbons (Fsp3) is 0.156. The first kappa shape index (κ1) is 25.4. The lowest BCUT2D eigenvalue weighted by Gasteiger charge is -2.24. The fourth-order valence-corrected chi connectivity index (χ4v) is 8.69. The molecule has 0 aliphatic heterocycles. The van der Waals surface area contributed by atoms with E-state index in [9.17, 15) is 0 Å². The molecule has 0 nitrogen and oxygen atoms in total. The van der Waals surface area contributed by atoms with Crippen LogP contribution in [0.25, 0.3) is 86.9 Å². The Bertz CT molecular complexity index is 2660. The Kier molecular flexibility index (Phi) is 4.63. The third kappa shape index (κ3) is 3.22. The van der Waals surface area contributed by atoms with Crippen LogP contribution in [0.15, 0.2) is 115 Å². The first-order valence-electron chi connectivity index (χ1n) is 16.3. The van der Waals surface area contributed by atoms with Crippen LogP contribution in [0, 0.1) is 0 Å². The zero-order valence-corrected chi connectivity index (χ0v) is 26.5. The number of hydrogen-bond acceptors (Lipinski definition) is 0. The van der Waals surface area contributed by atoms with Crippen molar-refractivity contribution in [2.75, 3.05) is 0 Å². The summed E-state index contributed by atoms with van der Waals surface area (Å²) in [4.78, 5) is 0. The highest BCUT2D eigenvalue weighted by Gasteiger charge is 2.37. The zero-order chi connectivity index (χ0) is 30.4. The van der Waals surface area contributed by atoms with Gasteiger partial charge in [0, 0.05) is 5.41 Å². The molecule has 0 bridgehead atoms. The number of fused-ring (bicyclic) bond motifs is 4. The van der Waals surface area contributed by atoms with E-state index in [-0.39, 0.29) is 10.8 Å². The minimum Gasteiger partial charge on any atom is -0.0610 e. The lowest BCUT2D eigenvalue weighted by molar-refractivity contribution is 0.591. The van der Waals surface area contributed by atoms with Crippen molar-refractivity contribution in [1.29, 1.82) is 0 Å². The number of benzene rings is 9. The maximum absolute atomic E-state index is 2.49. The summed E-state index contributed by atoms with van der Waals surface area (Å²) in [6.45, 7) is 11.8. The van der Waals surface area contributed by atoms with E-state index < -0.39 is 0 Å². The molecular formula is C45H34. The van der Waals surface area contributed by atoms with Gasteiger partial charge in [-0.05, 0) is 121 Å². The molecule has 1 aliphatic rings. The third-order valence-corrected chi connectivity index (χ3v) is 11.1. The van der Waals surface area contributed by atoms with Gasteiger partial charge in [-0.15, -0.1) is 0 Å². The summed E-state index contributed by atoms with van der Waals surface area (Å²) in [7, 11) is 0. The predicted octanol–water partition coefficient (Wildman–Crippen LogP) is 12.8. The Morgan fingerprint density at radius 3 is 1.71 bits per heavy atom. The second-order valence-corrected chi connectivity index (χ2v) is 15.0. The van der Waals surface area contributed by atoms with Crippen molar-refractivity contribution in [2.24, 2.45) is 0 Å². The second-order valence-electron chi connectivity index (χ2n) is 15.0. The maximum atomic E-state index is 2.49. The molecule has 0 saturated heterocycles. The van der Waals surface area contributed by atoms with Gasteiger partial charge in [0.05, 0.1) is 0 Å². The first-order chi connectivity index (χ1) is 21.7. The molecule has 9 aromatic rings. The average molecular weight is 575 g/mol. The van der Waals surface area contributed by atoms with Crippen molar-refractivity contribution in [3.63, 3.8) is 0 Å². The van der Waals surface area contributed by atoms with Gasteiger partial charge in [0.1, 0.15) is 0 Å². The summed E-state index contributed by atoms with van der Waals surface area (Å²) >= 11 is 0. The molecule has 0 amide bonds. The minimum absolute atomic E-state index is 0.103. The highest BCUT2D eigenvalue weighted by atomic mass is 14.4. The topological polar surface area (TPSA) is 0 Å². The van der Waals surface area contributed by atoms with Crippen LogP contribution < -0.4 is 0 Å². The zero-order valence-electron chi connectivity index (χ0n) is 26.5. The Balaban J connectivity index is 1.22. The van der Waals surface area contributed by atoms with Gasteiger partial charge in [-0.2, -0.15) is 0 Å². The summed E-state index contributed by atoms with van der Waals surface area (Å²) in [5.74, 6) is 0. The largest absolute Gasteiger partial charge is 0.0610 e. The molecule has 0 N–H and O–H groups in total. The van der Waals surface area contributed by atoms with Crippen molar-refractivity contribution < 1.29 is 0 Å². The highest BCUT2D eigenvalue weighted by Crippen LogP contribution is 2.54. The highest BCUT2D eigenvalue weighted by molar-refractivity contribution is 6.27. The SMILES string of the molecule is CC(C)(C)c1cc2ccc3cc4c(c5ccc(c1)c2c35)-c1ccc(-c2ccc3ccc5cccc6ccc2c3c56)cc1C4(C)C. The molecule has 214 valence electrons. The van der Waals surface area contributed by atoms with Gasteiger partial charge >= 0.3 is 0 Å². The standard InChI is InChI=1S/C45H34/c1-44(2,3)32-21-29-11-12-31-24-38-43(36-20-16-30(22-32)40(29)42(31)36)35-19-15-28(23-37(35)45(38,4)5)33-17-13-27-10-9-25-7-6-8-26-14-18-34(33)41(27)39(25)26/h6-24H,1-5H3. The Hall–Kier alpha value is -4.94. The second kappa shape index (κ2) is 8.20. The van der Waals surface area contributed by atoms with Crippen LogP contribution in [0.2, 0.25) is 0 Å². The molecule has 1 aliphatic carbocycles. The lowest BCUT2D eigenvalue weighted by atomic mass is 9.79. The van der Waals surface area contributed by atoms with E-state index in [2.05, 4.69) is 150 Å². The van der Waals surface area contributed by atoms with Crippen LogP contribution in [-0.2, 0) is 10.8 Å². The molecule has 0 atom stereocenters. The quantitative estimate of drug-likeness (QED) is 0.171. The van der Waals surface area contributed by atoms with Gasteiger partial charge in [0.2, 0.25) is 0 Å². The first-order valence-corrected chi connectivity index (χ1v) is 16.3. The summed E-state index contributed by atoms with van der Waals surface area (Å²) < 4.78 is 0. The smallest absolute Gasteiger partial charge is 0.0159 e. The van der Waals surface area contributed by atoms with Crippen molar-refractivity contribution in [2.45, 2.75) is 45.4 Å². The van der Waals surface area contributed by atoms with Gasteiger partial charge in [-0.1, -0.05) is 138 Å². The summed E-state index contributed by atoms with van der Waals surface area (Å²) in [5.41, 5.74) is 9.66. The van der Waals surface area contributed by atoms with Gasteiger partial charge in [-0.3, -0.25) is 0 Å². The molecule has 0 aromatic heterocycles. The van der Waals surface area contributed by atoms with Crippen molar-refractivity contribution in [3.8, 4) is 22.3 Å². The summed E-state index contributed by atoms with van der Waals surface area (Å²) in [6.07, 6.45) is 0. The molecule has 9 aromatic carbocycles. The van der Waals surface area contributed by atoms with E-state index in [1.807, 2.05) is 0 Å². The Morgan fingerprint density at radius 2 is 0.978 bits per heavy atom. The molecule has 0 heterocycles. The molecule has 0 heteroatoms. The molecule has 10 rings (SSSR count). The van der Waals surface area contributed by atoms with E-state index in [0.29, 0.717) is 0 Å². The van der Waals surface area contributed by atoms with Gasteiger partial charge < -0.3 is 0 Å². The van der Waals surface area contributed by atoms with Gasteiger partial charge in [0.15, 0.2) is 0 Å². The fourth-order valence-electron chi connectivity index (χ4n) is 8.69. The normalized spacial score (nSPS) is 14.5. The van der Waals surface area contributed by atoms with Gasteiger partial charge in [0.25, 0.3) is 0 Å². The molecule has 0 fully saturated rings. The Labute approximate surface area is 263 Å². The van der Waals surface area contributed by atoms with Gasteiger partial charge in [-0.25, -0.2) is 0 Å². The van der Waals surface area contributed by atoms with E-state index in [1.165, 1.54) is 104 Å². The van der Waals surface area contributed by atoms with Crippen LogP contribution in [0.3, 0.4) is 0 Å². The van der Waals surface area contributed by atoms with E-state index in [0.717, 1.165) is 0 Å². The molecule has 45 heavy (non-hydrogen) atoms. The van der Waals surface area contributed by atoms with Crippen molar-refractivity contribution in [3.05, 3.63) is 132 Å². The monoisotopic (exact) mass is 574 g/mol. The van der Waals surface area contributed by atoms with Crippen molar-refractivity contribution in [1.82, 2.24) is 0 Å². The average Bonchev–Trinajstić information content (AvgIpc) is 3.27. The minimum atomic E-state index is -0.103. The maximum Gasteiger partial charge on any atom is 0.0159 e. The van der Waals surface area contributed by atoms with Crippen LogP contribution in [0.4, 0.5) is 0 Å². The summed E-state index contributed by atoms with van der Waals surface area (Å²) in [5, 5.41) is 16.3. The molecular weight excluding hydrogens is 540 g/mol. The van der Waals surface area contributed by atoms with Crippen LogP contribution in [0.1, 0.15) is 51.3 Å². The molecule has 0 unspecified atom stereocenters. The van der Waals surface area contributed by atoms with Crippen LogP contribution in [-0.4, -0.2) is 0 Å². The van der Waals surface area contributed by atoms with Crippen LogP contribution in [0.5, 0.6) is 0 Å². The molecule has 0 spiro atoms. The summed E-state index contributed by atoms with van der Waals surface area (Å²) in [6, 6.07) is 44.5. The van der Waals surface area contributed by atoms with E-state index in [4.69, 9.17) is 0 Å². The van der Waals surface area contributed by atoms with E-state index in [1.54, 1.807) is 0 Å². The van der Waals surface area contributed by atoms with Crippen LogP contribution >= 0.6 is 0 Å².